The second kappa shape index (κ2) is 4.44. The molecule has 0 amide bonds. The molecule has 3 nitrogen and oxygen atoms in total. The molecule has 0 saturated heterocycles. The van der Waals surface area contributed by atoms with E-state index >= 15 is 0 Å². The zero-order chi connectivity index (χ0) is 11.6. The van der Waals surface area contributed by atoms with Gasteiger partial charge in [0.2, 0.25) is 0 Å². The van der Waals surface area contributed by atoms with Gasteiger partial charge in [0.1, 0.15) is 11.4 Å². The van der Waals surface area contributed by atoms with Crippen LogP contribution in [0.15, 0.2) is 18.2 Å². The minimum Gasteiger partial charge on any atom is -0.496 e. The van der Waals surface area contributed by atoms with Gasteiger partial charge in [-0.1, -0.05) is 12.1 Å². The largest absolute Gasteiger partial charge is 0.496 e. The van der Waals surface area contributed by atoms with Crippen molar-refractivity contribution >= 4 is 0 Å². The van der Waals surface area contributed by atoms with Gasteiger partial charge in [0.25, 0.3) is 0 Å². The van der Waals surface area contributed by atoms with Crippen molar-refractivity contribution < 1.29 is 9.47 Å². The third-order valence-corrected chi connectivity index (χ3v) is 3.57. The van der Waals surface area contributed by atoms with E-state index in [9.17, 15) is 0 Å². The van der Waals surface area contributed by atoms with Crippen LogP contribution >= 0.6 is 0 Å². The molecule has 0 bridgehead atoms. The molecular formula is C13H19NO2. The van der Waals surface area contributed by atoms with Crippen LogP contribution in [0.5, 0.6) is 5.75 Å². The van der Waals surface area contributed by atoms with E-state index < -0.39 is 0 Å². The monoisotopic (exact) mass is 221 g/mol. The molecule has 1 atom stereocenters. The molecule has 16 heavy (non-hydrogen) atoms. The third kappa shape index (κ3) is 1.60. The predicted molar refractivity (Wildman–Crippen MR) is 63.7 cm³/mol. The van der Waals surface area contributed by atoms with Crippen LogP contribution in [-0.4, -0.2) is 20.8 Å². The Labute approximate surface area is 96.5 Å². The van der Waals surface area contributed by atoms with Crippen molar-refractivity contribution in [2.24, 2.45) is 5.73 Å². The van der Waals surface area contributed by atoms with Crippen LogP contribution in [0.1, 0.15) is 24.0 Å². The summed E-state index contributed by atoms with van der Waals surface area (Å²) in [7, 11) is 3.45. The first-order chi connectivity index (χ1) is 7.77. The number of hydrogen-bond donors (Lipinski definition) is 1. The molecule has 0 radical (unpaired) electrons. The molecule has 1 aromatic rings. The third-order valence-electron chi connectivity index (χ3n) is 3.57. The molecule has 0 spiro atoms. The molecule has 2 N–H and O–H groups in total. The lowest BCUT2D eigenvalue weighted by molar-refractivity contribution is -0.0214. The van der Waals surface area contributed by atoms with Crippen molar-refractivity contribution in [3.63, 3.8) is 0 Å². The standard InChI is InChI=1S/C13H19NO2/c1-15-12-7-3-6-11-10(12)5-4-8-13(11,9-14)16-2/h3,6-7H,4-5,8-9,14H2,1-2H3. The van der Waals surface area contributed by atoms with Crippen LogP contribution in [0.3, 0.4) is 0 Å². The van der Waals surface area contributed by atoms with Gasteiger partial charge in [-0.05, 0) is 30.9 Å². The van der Waals surface area contributed by atoms with Crippen LogP contribution in [0.25, 0.3) is 0 Å². The second-order valence-electron chi connectivity index (χ2n) is 4.24. The molecule has 0 aromatic heterocycles. The SMILES string of the molecule is COc1cccc2c1CCCC2(CN)OC. The van der Waals surface area contributed by atoms with E-state index in [2.05, 4.69) is 6.07 Å². The normalized spacial score (nSPS) is 23.9. The Hall–Kier alpha value is -1.06. The van der Waals surface area contributed by atoms with Gasteiger partial charge in [-0.25, -0.2) is 0 Å². The fourth-order valence-electron chi connectivity index (χ4n) is 2.63. The summed E-state index contributed by atoms with van der Waals surface area (Å²) in [6.45, 7) is 0.518. The molecule has 0 aliphatic heterocycles. The van der Waals surface area contributed by atoms with Gasteiger partial charge in [-0.15, -0.1) is 0 Å². The molecule has 88 valence electrons. The van der Waals surface area contributed by atoms with Gasteiger partial charge in [0.15, 0.2) is 0 Å². The Bertz CT molecular complexity index is 372. The van der Waals surface area contributed by atoms with Crippen molar-refractivity contribution in [1.29, 1.82) is 0 Å². The van der Waals surface area contributed by atoms with Gasteiger partial charge >= 0.3 is 0 Å². The van der Waals surface area contributed by atoms with E-state index in [1.165, 1.54) is 11.1 Å². The first kappa shape index (κ1) is 11.4. The molecule has 0 saturated carbocycles. The first-order valence-electron chi connectivity index (χ1n) is 5.69. The van der Waals surface area contributed by atoms with E-state index in [1.807, 2.05) is 12.1 Å². The average molecular weight is 221 g/mol. The van der Waals surface area contributed by atoms with Gasteiger partial charge in [-0.2, -0.15) is 0 Å². The summed E-state index contributed by atoms with van der Waals surface area (Å²) >= 11 is 0. The second-order valence-corrected chi connectivity index (χ2v) is 4.24. The summed E-state index contributed by atoms with van der Waals surface area (Å²) < 4.78 is 11.1. The van der Waals surface area contributed by atoms with E-state index in [0.717, 1.165) is 25.0 Å². The smallest absolute Gasteiger partial charge is 0.122 e. The van der Waals surface area contributed by atoms with Gasteiger partial charge in [0.05, 0.1) is 7.11 Å². The summed E-state index contributed by atoms with van der Waals surface area (Å²) in [5, 5.41) is 0. The van der Waals surface area contributed by atoms with Crippen molar-refractivity contribution in [2.75, 3.05) is 20.8 Å². The summed E-state index contributed by atoms with van der Waals surface area (Å²) in [5.41, 5.74) is 8.02. The fraction of sp³-hybridized carbons (Fsp3) is 0.538. The average Bonchev–Trinajstić information content (AvgIpc) is 2.37. The molecule has 1 aliphatic carbocycles. The van der Waals surface area contributed by atoms with Crippen LogP contribution in [0.2, 0.25) is 0 Å². The van der Waals surface area contributed by atoms with Crippen molar-refractivity contribution in [3.05, 3.63) is 29.3 Å². The van der Waals surface area contributed by atoms with E-state index in [0.29, 0.717) is 6.54 Å². The Kier molecular flexibility index (Phi) is 3.17. The lowest BCUT2D eigenvalue weighted by Crippen LogP contribution is -2.40. The molecule has 1 aliphatic rings. The van der Waals surface area contributed by atoms with Crippen LogP contribution < -0.4 is 10.5 Å². The topological polar surface area (TPSA) is 44.5 Å². The van der Waals surface area contributed by atoms with E-state index in [4.69, 9.17) is 15.2 Å². The fourth-order valence-corrected chi connectivity index (χ4v) is 2.63. The summed E-state index contributed by atoms with van der Waals surface area (Å²) in [6, 6.07) is 6.11. The number of hydrogen-bond acceptors (Lipinski definition) is 3. The Morgan fingerprint density at radius 2 is 2.19 bits per heavy atom. The summed E-state index contributed by atoms with van der Waals surface area (Å²) in [4.78, 5) is 0. The summed E-state index contributed by atoms with van der Waals surface area (Å²) in [6.07, 6.45) is 3.13. The highest BCUT2D eigenvalue weighted by Crippen LogP contribution is 2.40. The maximum absolute atomic E-state index is 5.89. The zero-order valence-electron chi connectivity index (χ0n) is 9.95. The highest BCUT2D eigenvalue weighted by atomic mass is 16.5. The molecule has 3 heteroatoms. The Morgan fingerprint density at radius 3 is 2.81 bits per heavy atom. The molecule has 1 unspecified atom stereocenters. The highest BCUT2D eigenvalue weighted by Gasteiger charge is 2.36. The lowest BCUT2D eigenvalue weighted by Gasteiger charge is -2.37. The predicted octanol–water partition coefficient (Wildman–Crippen LogP) is 1.83. The highest BCUT2D eigenvalue weighted by molar-refractivity contribution is 5.45. The molecule has 2 rings (SSSR count). The number of rotatable bonds is 3. The number of fused-ring (bicyclic) bond motifs is 1. The van der Waals surface area contributed by atoms with Crippen LogP contribution in [0.4, 0.5) is 0 Å². The van der Waals surface area contributed by atoms with E-state index in [1.54, 1.807) is 14.2 Å². The van der Waals surface area contributed by atoms with Crippen molar-refractivity contribution in [2.45, 2.75) is 24.9 Å². The van der Waals surface area contributed by atoms with E-state index in [-0.39, 0.29) is 5.60 Å². The molecule has 0 fully saturated rings. The molecule has 1 aromatic carbocycles. The van der Waals surface area contributed by atoms with Crippen LogP contribution in [-0.2, 0) is 16.8 Å². The van der Waals surface area contributed by atoms with Gasteiger partial charge in [-0.3, -0.25) is 0 Å². The van der Waals surface area contributed by atoms with Crippen molar-refractivity contribution in [1.82, 2.24) is 0 Å². The summed E-state index contributed by atoms with van der Waals surface area (Å²) in [5.74, 6) is 0.951. The first-order valence-corrected chi connectivity index (χ1v) is 5.69. The van der Waals surface area contributed by atoms with Crippen molar-refractivity contribution in [3.8, 4) is 5.75 Å². The number of ether oxygens (including phenoxy) is 2. The molecule has 0 heterocycles. The number of methoxy groups -OCH3 is 2. The minimum absolute atomic E-state index is 0.317. The Morgan fingerprint density at radius 1 is 1.38 bits per heavy atom. The van der Waals surface area contributed by atoms with Crippen LogP contribution in [0, 0.1) is 0 Å². The van der Waals surface area contributed by atoms with Gasteiger partial charge < -0.3 is 15.2 Å². The molecular weight excluding hydrogens is 202 g/mol. The lowest BCUT2D eigenvalue weighted by atomic mass is 9.78. The number of nitrogens with two attached hydrogens (primary N) is 1. The Balaban J connectivity index is 2.54. The minimum atomic E-state index is -0.317. The zero-order valence-corrected chi connectivity index (χ0v) is 9.95. The maximum Gasteiger partial charge on any atom is 0.122 e. The number of benzene rings is 1. The van der Waals surface area contributed by atoms with Gasteiger partial charge in [0, 0.05) is 19.2 Å². The quantitative estimate of drug-likeness (QED) is 0.847. The maximum atomic E-state index is 5.89.